The zero-order chi connectivity index (χ0) is 13.8. The zero-order valence-electron chi connectivity index (χ0n) is 10.7. The molecule has 19 heavy (non-hydrogen) atoms. The molecule has 0 atom stereocenters. The lowest BCUT2D eigenvalue weighted by atomic mass is 10.2. The first-order valence-corrected chi connectivity index (χ1v) is 6.87. The molecule has 0 aliphatic heterocycles. The Morgan fingerprint density at radius 1 is 1.26 bits per heavy atom. The Morgan fingerprint density at radius 2 is 2.05 bits per heavy atom. The first kappa shape index (κ1) is 13.9. The summed E-state index contributed by atoms with van der Waals surface area (Å²) in [5.41, 5.74) is 1.45. The van der Waals surface area contributed by atoms with Crippen LogP contribution in [0.25, 0.3) is 11.5 Å². The second-order valence-electron chi connectivity index (χ2n) is 3.90. The van der Waals surface area contributed by atoms with Gasteiger partial charge in [0.05, 0.1) is 16.4 Å². The molecule has 0 bridgehead atoms. The maximum Gasteiger partial charge on any atom is 0.180 e. The fourth-order valence-corrected chi connectivity index (χ4v) is 2.23. The molecule has 0 radical (unpaired) electrons. The quantitative estimate of drug-likeness (QED) is 0.936. The maximum atomic E-state index is 12.9. The minimum Gasteiger partial charge on any atom is -0.369 e. The van der Waals surface area contributed by atoms with Crippen molar-refractivity contribution in [2.24, 2.45) is 0 Å². The molecule has 100 valence electrons. The van der Waals surface area contributed by atoms with Gasteiger partial charge in [-0.05, 0) is 41.4 Å². The van der Waals surface area contributed by atoms with Crippen LogP contribution in [0.2, 0.25) is 0 Å². The van der Waals surface area contributed by atoms with Crippen LogP contribution in [0.1, 0.15) is 19.5 Å². The third-order valence-corrected chi connectivity index (χ3v) is 3.39. The predicted molar refractivity (Wildman–Crippen MR) is 76.5 cm³/mol. The number of rotatable bonds is 4. The molecule has 0 aliphatic carbocycles. The van der Waals surface area contributed by atoms with E-state index in [9.17, 15) is 4.39 Å². The smallest absolute Gasteiger partial charge is 0.180 e. The van der Waals surface area contributed by atoms with Crippen LogP contribution in [-0.4, -0.2) is 21.5 Å². The molecule has 0 fully saturated rings. The number of aromatic nitrogens is 3. The average molecular weight is 325 g/mol. The molecular formula is C13H14BrFN4. The molecule has 0 saturated heterocycles. The number of nitrogens with one attached hydrogen (secondary N) is 1. The van der Waals surface area contributed by atoms with E-state index in [2.05, 4.69) is 36.2 Å². The lowest BCUT2D eigenvalue weighted by Gasteiger charge is -2.10. The monoisotopic (exact) mass is 324 g/mol. The number of pyridine rings is 1. The third-order valence-electron chi connectivity index (χ3n) is 2.56. The van der Waals surface area contributed by atoms with E-state index in [1.807, 2.05) is 13.8 Å². The van der Waals surface area contributed by atoms with Crippen molar-refractivity contribution in [2.45, 2.75) is 20.3 Å². The Morgan fingerprint density at radius 3 is 2.63 bits per heavy atom. The van der Waals surface area contributed by atoms with Gasteiger partial charge in [0, 0.05) is 6.54 Å². The number of nitrogens with zero attached hydrogens (tertiary/aromatic N) is 3. The van der Waals surface area contributed by atoms with E-state index in [4.69, 9.17) is 0 Å². The summed E-state index contributed by atoms with van der Waals surface area (Å²) in [6.07, 6.45) is 1.94. The summed E-state index contributed by atoms with van der Waals surface area (Å²) < 4.78 is 13.8. The van der Waals surface area contributed by atoms with Gasteiger partial charge in [-0.2, -0.15) is 0 Å². The number of anilines is 1. The summed E-state index contributed by atoms with van der Waals surface area (Å²) >= 11 is 3.49. The largest absolute Gasteiger partial charge is 0.369 e. The van der Waals surface area contributed by atoms with Gasteiger partial charge in [0.15, 0.2) is 5.82 Å². The summed E-state index contributed by atoms with van der Waals surface area (Å²) in [7, 11) is 0. The van der Waals surface area contributed by atoms with Crippen LogP contribution >= 0.6 is 15.9 Å². The van der Waals surface area contributed by atoms with Gasteiger partial charge in [-0.3, -0.25) is 0 Å². The van der Waals surface area contributed by atoms with Crippen LogP contribution in [0.15, 0.2) is 22.8 Å². The van der Waals surface area contributed by atoms with E-state index in [0.29, 0.717) is 11.5 Å². The predicted octanol–water partition coefficient (Wildman–Crippen LogP) is 3.43. The second-order valence-corrected chi connectivity index (χ2v) is 4.70. The lowest BCUT2D eigenvalue weighted by molar-refractivity contribution is 0.621. The molecule has 0 saturated carbocycles. The molecular weight excluding hydrogens is 311 g/mol. The van der Waals surface area contributed by atoms with E-state index in [1.165, 1.54) is 12.3 Å². The molecule has 4 nitrogen and oxygen atoms in total. The molecule has 0 unspecified atom stereocenters. The van der Waals surface area contributed by atoms with Gasteiger partial charge in [-0.1, -0.05) is 6.92 Å². The van der Waals surface area contributed by atoms with Crippen molar-refractivity contribution in [3.63, 3.8) is 0 Å². The third kappa shape index (κ3) is 3.07. The summed E-state index contributed by atoms with van der Waals surface area (Å²) in [5.74, 6) is 0.856. The molecule has 2 rings (SSSR count). The van der Waals surface area contributed by atoms with Crippen molar-refractivity contribution in [1.82, 2.24) is 15.0 Å². The van der Waals surface area contributed by atoms with Crippen molar-refractivity contribution in [2.75, 3.05) is 11.9 Å². The van der Waals surface area contributed by atoms with Crippen molar-refractivity contribution in [1.29, 1.82) is 0 Å². The van der Waals surface area contributed by atoms with Gasteiger partial charge in [0.2, 0.25) is 0 Å². The Labute approximate surface area is 119 Å². The summed E-state index contributed by atoms with van der Waals surface area (Å²) in [6.45, 7) is 4.77. The van der Waals surface area contributed by atoms with E-state index in [1.54, 1.807) is 6.07 Å². The van der Waals surface area contributed by atoms with Crippen molar-refractivity contribution in [3.8, 4) is 11.5 Å². The van der Waals surface area contributed by atoms with E-state index >= 15 is 0 Å². The van der Waals surface area contributed by atoms with Gasteiger partial charge >= 0.3 is 0 Å². The van der Waals surface area contributed by atoms with Crippen LogP contribution in [0.4, 0.5) is 10.2 Å². The Hall–Kier alpha value is -1.56. The van der Waals surface area contributed by atoms with Gasteiger partial charge in [0.1, 0.15) is 17.3 Å². The summed E-state index contributed by atoms with van der Waals surface area (Å²) in [6, 6.07) is 2.93. The SMILES string of the molecule is CCNc1nc(-c2ccc(F)cn2)nc(CC)c1Br. The second kappa shape index (κ2) is 6.06. The van der Waals surface area contributed by atoms with Crippen LogP contribution in [-0.2, 0) is 6.42 Å². The number of aryl methyl sites for hydroxylation is 1. The normalized spacial score (nSPS) is 10.5. The summed E-state index contributed by atoms with van der Waals surface area (Å²) in [4.78, 5) is 12.9. The molecule has 0 spiro atoms. The molecule has 2 heterocycles. The van der Waals surface area contributed by atoms with E-state index in [0.717, 1.165) is 29.0 Å². The molecule has 2 aromatic rings. The molecule has 0 aromatic carbocycles. The molecule has 2 aromatic heterocycles. The fourth-order valence-electron chi connectivity index (χ4n) is 1.64. The van der Waals surface area contributed by atoms with Gasteiger partial charge < -0.3 is 5.32 Å². The molecule has 6 heteroatoms. The minimum atomic E-state index is -0.372. The topological polar surface area (TPSA) is 50.7 Å². The first-order chi connectivity index (χ1) is 9.15. The number of hydrogen-bond acceptors (Lipinski definition) is 4. The molecule has 1 N–H and O–H groups in total. The zero-order valence-corrected chi connectivity index (χ0v) is 12.3. The maximum absolute atomic E-state index is 12.9. The number of hydrogen-bond donors (Lipinski definition) is 1. The van der Waals surface area contributed by atoms with Crippen LogP contribution in [0.5, 0.6) is 0 Å². The van der Waals surface area contributed by atoms with E-state index < -0.39 is 0 Å². The number of halogens is 2. The summed E-state index contributed by atoms with van der Waals surface area (Å²) in [5, 5.41) is 3.17. The Balaban J connectivity index is 2.51. The van der Waals surface area contributed by atoms with Crippen molar-refractivity contribution < 1.29 is 4.39 Å². The van der Waals surface area contributed by atoms with Gasteiger partial charge in [-0.15, -0.1) is 0 Å². The van der Waals surface area contributed by atoms with Crippen molar-refractivity contribution >= 4 is 21.7 Å². The van der Waals surface area contributed by atoms with Crippen LogP contribution in [0, 0.1) is 5.82 Å². The highest BCUT2D eigenvalue weighted by molar-refractivity contribution is 9.10. The molecule has 0 aliphatic rings. The standard InChI is InChI=1S/C13H14BrFN4/c1-3-9-11(14)13(16-4-2)19-12(18-9)10-6-5-8(15)7-17-10/h5-7H,3-4H2,1-2H3,(H,16,18,19). The Kier molecular flexibility index (Phi) is 4.42. The van der Waals surface area contributed by atoms with E-state index in [-0.39, 0.29) is 5.82 Å². The van der Waals surface area contributed by atoms with Gasteiger partial charge in [-0.25, -0.2) is 19.3 Å². The fraction of sp³-hybridized carbons (Fsp3) is 0.308. The minimum absolute atomic E-state index is 0.372. The van der Waals surface area contributed by atoms with Crippen LogP contribution < -0.4 is 5.32 Å². The van der Waals surface area contributed by atoms with Crippen LogP contribution in [0.3, 0.4) is 0 Å². The Bertz CT molecular complexity index is 572. The van der Waals surface area contributed by atoms with Crippen molar-refractivity contribution in [3.05, 3.63) is 34.3 Å². The molecule has 0 amide bonds. The average Bonchev–Trinajstić information content (AvgIpc) is 2.42. The van der Waals surface area contributed by atoms with Gasteiger partial charge in [0.25, 0.3) is 0 Å². The first-order valence-electron chi connectivity index (χ1n) is 6.07. The highest BCUT2D eigenvalue weighted by atomic mass is 79.9. The lowest BCUT2D eigenvalue weighted by Crippen LogP contribution is -2.06. The highest BCUT2D eigenvalue weighted by Gasteiger charge is 2.12. The highest BCUT2D eigenvalue weighted by Crippen LogP contribution is 2.26.